The van der Waals surface area contributed by atoms with Gasteiger partial charge in [0.15, 0.2) is 0 Å². The minimum atomic E-state index is -0.311. The van der Waals surface area contributed by atoms with Crippen LogP contribution >= 0.6 is 0 Å². The smallest absolute Gasteiger partial charge is 0.339 e. The van der Waals surface area contributed by atoms with Gasteiger partial charge in [-0.25, -0.2) is 9.59 Å². The molecule has 2 aliphatic heterocycles. The Morgan fingerprint density at radius 2 is 2.04 bits per heavy atom. The fraction of sp³-hybridized carbons (Fsp3) is 0.474. The second kappa shape index (κ2) is 7.09. The molecule has 26 heavy (non-hydrogen) atoms. The number of rotatable bonds is 4. The number of benzene rings is 1. The monoisotopic (exact) mass is 357 g/mol. The van der Waals surface area contributed by atoms with Gasteiger partial charge >= 0.3 is 11.7 Å². The Bertz CT molecular complexity index is 873. The molecule has 2 amide bonds. The Hall–Kier alpha value is -2.38. The third-order valence-electron chi connectivity index (χ3n) is 4.98. The van der Waals surface area contributed by atoms with Gasteiger partial charge in [-0.3, -0.25) is 4.90 Å². The average Bonchev–Trinajstić information content (AvgIpc) is 3.38. The van der Waals surface area contributed by atoms with Gasteiger partial charge < -0.3 is 19.4 Å². The maximum absolute atomic E-state index is 12.3. The Labute approximate surface area is 151 Å². The van der Waals surface area contributed by atoms with Crippen LogP contribution in [-0.2, 0) is 11.2 Å². The zero-order valence-electron chi connectivity index (χ0n) is 14.9. The standard InChI is InChI=1S/C19H23N3O4/c1-13-12-22(13)19(24)20-16-3-2-14-10-15(18(23)26-17(14)11-16)4-5-21-6-8-25-9-7-21/h2-3,10-11,13H,4-9,12H2,1H3,(H,20,24). The van der Waals surface area contributed by atoms with Crippen molar-refractivity contribution in [1.29, 1.82) is 0 Å². The number of urea groups is 1. The molecule has 7 nitrogen and oxygen atoms in total. The van der Waals surface area contributed by atoms with Crippen LogP contribution in [0.25, 0.3) is 11.0 Å². The molecule has 0 saturated carbocycles. The molecule has 2 fully saturated rings. The number of hydrogen-bond acceptors (Lipinski definition) is 5. The second-order valence-corrected chi connectivity index (χ2v) is 6.95. The van der Waals surface area contributed by atoms with E-state index in [1.54, 1.807) is 11.0 Å². The van der Waals surface area contributed by atoms with Crippen molar-refractivity contribution in [2.45, 2.75) is 19.4 Å². The number of fused-ring (bicyclic) bond motifs is 1. The Morgan fingerprint density at radius 1 is 1.27 bits per heavy atom. The normalized spacial score (nSPS) is 20.3. The lowest BCUT2D eigenvalue weighted by Crippen LogP contribution is -2.37. The maximum Gasteiger partial charge on any atom is 0.339 e. The summed E-state index contributed by atoms with van der Waals surface area (Å²) >= 11 is 0. The van der Waals surface area contributed by atoms with Crippen LogP contribution < -0.4 is 10.9 Å². The van der Waals surface area contributed by atoms with E-state index in [1.165, 1.54) is 0 Å². The van der Waals surface area contributed by atoms with Crippen LogP contribution in [0.15, 0.2) is 33.5 Å². The first-order chi connectivity index (χ1) is 12.6. The van der Waals surface area contributed by atoms with E-state index in [0.29, 0.717) is 29.3 Å². The molecule has 1 N–H and O–H groups in total. The van der Waals surface area contributed by atoms with E-state index in [2.05, 4.69) is 10.2 Å². The molecule has 2 aromatic rings. The summed E-state index contributed by atoms with van der Waals surface area (Å²) in [4.78, 5) is 28.3. The van der Waals surface area contributed by atoms with Gasteiger partial charge in [-0.1, -0.05) is 0 Å². The third kappa shape index (κ3) is 3.73. The molecule has 0 spiro atoms. The maximum atomic E-state index is 12.3. The first-order valence-corrected chi connectivity index (χ1v) is 9.05. The van der Waals surface area contributed by atoms with Crippen molar-refractivity contribution < 1.29 is 13.9 Å². The summed E-state index contributed by atoms with van der Waals surface area (Å²) < 4.78 is 10.8. The fourth-order valence-corrected chi connectivity index (χ4v) is 3.23. The van der Waals surface area contributed by atoms with Crippen molar-refractivity contribution in [3.05, 3.63) is 40.2 Å². The van der Waals surface area contributed by atoms with E-state index >= 15 is 0 Å². The van der Waals surface area contributed by atoms with Gasteiger partial charge in [0.2, 0.25) is 0 Å². The first-order valence-electron chi connectivity index (χ1n) is 9.05. The molecule has 1 atom stereocenters. The lowest BCUT2D eigenvalue weighted by Gasteiger charge is -2.26. The zero-order chi connectivity index (χ0) is 18.1. The minimum absolute atomic E-state index is 0.124. The SMILES string of the molecule is CC1CN1C(=O)Nc1ccc2cc(CCN3CCOCC3)c(=O)oc2c1. The lowest BCUT2D eigenvalue weighted by atomic mass is 10.1. The highest BCUT2D eigenvalue weighted by molar-refractivity contribution is 5.93. The summed E-state index contributed by atoms with van der Waals surface area (Å²) in [6.45, 7) is 6.89. The van der Waals surface area contributed by atoms with Crippen LogP contribution in [-0.4, -0.2) is 61.3 Å². The largest absolute Gasteiger partial charge is 0.422 e. The van der Waals surface area contributed by atoms with Crippen molar-refractivity contribution in [1.82, 2.24) is 9.80 Å². The van der Waals surface area contributed by atoms with E-state index in [1.807, 2.05) is 25.1 Å². The van der Waals surface area contributed by atoms with E-state index in [0.717, 1.165) is 44.8 Å². The van der Waals surface area contributed by atoms with Gasteiger partial charge in [0.25, 0.3) is 0 Å². The number of nitrogens with one attached hydrogen (secondary N) is 1. The summed E-state index contributed by atoms with van der Waals surface area (Å²) in [7, 11) is 0. The topological polar surface area (TPSA) is 74.8 Å². The number of nitrogens with zero attached hydrogens (tertiary/aromatic N) is 2. The minimum Gasteiger partial charge on any atom is -0.422 e. The summed E-state index contributed by atoms with van der Waals surface area (Å²) in [5.41, 5.74) is 1.49. The van der Waals surface area contributed by atoms with Gasteiger partial charge in [-0.2, -0.15) is 0 Å². The second-order valence-electron chi connectivity index (χ2n) is 6.95. The number of hydrogen-bond donors (Lipinski definition) is 1. The molecule has 2 aliphatic rings. The molecule has 4 rings (SSSR count). The summed E-state index contributed by atoms with van der Waals surface area (Å²) in [6.07, 6.45) is 0.656. The number of anilines is 1. The van der Waals surface area contributed by atoms with Crippen LogP contribution in [0.5, 0.6) is 0 Å². The zero-order valence-corrected chi connectivity index (χ0v) is 14.9. The molecule has 0 radical (unpaired) electrons. The number of morpholine rings is 1. The molecule has 0 aliphatic carbocycles. The molecule has 1 aromatic carbocycles. The van der Waals surface area contributed by atoms with Crippen LogP contribution in [0, 0.1) is 0 Å². The van der Waals surface area contributed by atoms with E-state index in [4.69, 9.17) is 9.15 Å². The Morgan fingerprint density at radius 3 is 2.77 bits per heavy atom. The van der Waals surface area contributed by atoms with Gasteiger partial charge in [0, 0.05) is 54.9 Å². The predicted octanol–water partition coefficient (Wildman–Crippen LogP) is 1.90. The first kappa shape index (κ1) is 17.1. The molecule has 1 aromatic heterocycles. The average molecular weight is 357 g/mol. The molecular formula is C19H23N3O4. The highest BCUT2D eigenvalue weighted by Crippen LogP contribution is 2.22. The predicted molar refractivity (Wildman–Crippen MR) is 98.6 cm³/mol. The van der Waals surface area contributed by atoms with Crippen molar-refractivity contribution >= 4 is 22.7 Å². The van der Waals surface area contributed by atoms with E-state index < -0.39 is 0 Å². The lowest BCUT2D eigenvalue weighted by molar-refractivity contribution is 0.0384. The highest BCUT2D eigenvalue weighted by atomic mass is 16.5. The summed E-state index contributed by atoms with van der Waals surface area (Å²) in [6, 6.07) is 7.47. The summed E-state index contributed by atoms with van der Waals surface area (Å²) in [5.74, 6) is 0. The number of amides is 2. The van der Waals surface area contributed by atoms with Crippen molar-refractivity contribution in [2.75, 3.05) is 44.7 Å². The number of carbonyl (C=O) groups is 1. The third-order valence-corrected chi connectivity index (χ3v) is 4.98. The van der Waals surface area contributed by atoms with Crippen molar-refractivity contribution in [3.8, 4) is 0 Å². The van der Waals surface area contributed by atoms with Crippen LogP contribution in [0.1, 0.15) is 12.5 Å². The summed E-state index contributed by atoms with van der Waals surface area (Å²) in [5, 5.41) is 3.70. The highest BCUT2D eigenvalue weighted by Gasteiger charge is 2.34. The van der Waals surface area contributed by atoms with Gasteiger partial charge in [-0.15, -0.1) is 0 Å². The molecule has 7 heteroatoms. The van der Waals surface area contributed by atoms with Gasteiger partial charge in [0.05, 0.1) is 13.2 Å². The van der Waals surface area contributed by atoms with Gasteiger partial charge in [-0.05, 0) is 31.5 Å². The number of carbonyl (C=O) groups excluding carboxylic acids is 1. The number of ether oxygens (including phenoxy) is 1. The van der Waals surface area contributed by atoms with Crippen LogP contribution in [0.3, 0.4) is 0 Å². The molecule has 0 bridgehead atoms. The quantitative estimate of drug-likeness (QED) is 0.668. The molecule has 3 heterocycles. The van der Waals surface area contributed by atoms with E-state index in [-0.39, 0.29) is 11.7 Å². The molecule has 138 valence electrons. The molecule has 2 saturated heterocycles. The fourth-order valence-electron chi connectivity index (χ4n) is 3.23. The molecule has 1 unspecified atom stereocenters. The van der Waals surface area contributed by atoms with Crippen molar-refractivity contribution in [3.63, 3.8) is 0 Å². The van der Waals surface area contributed by atoms with Crippen molar-refractivity contribution in [2.24, 2.45) is 0 Å². The van der Waals surface area contributed by atoms with Crippen LogP contribution in [0.2, 0.25) is 0 Å². The van der Waals surface area contributed by atoms with Gasteiger partial charge in [0.1, 0.15) is 5.58 Å². The molecular weight excluding hydrogens is 334 g/mol. The van der Waals surface area contributed by atoms with E-state index in [9.17, 15) is 9.59 Å². The Balaban J connectivity index is 1.47. The van der Waals surface area contributed by atoms with Crippen LogP contribution in [0.4, 0.5) is 10.5 Å². The Kier molecular flexibility index (Phi) is 4.65.